The van der Waals surface area contributed by atoms with Crippen LogP contribution < -0.4 is 5.32 Å². The fourth-order valence-corrected chi connectivity index (χ4v) is 4.69. The molecule has 8 heteroatoms. The van der Waals surface area contributed by atoms with Gasteiger partial charge in [0.2, 0.25) is 5.91 Å². The van der Waals surface area contributed by atoms with Crippen LogP contribution in [0.25, 0.3) is 33.3 Å². The highest BCUT2D eigenvalue weighted by Crippen LogP contribution is 2.38. The number of nitrogens with one attached hydrogen (secondary N) is 2. The maximum Gasteiger partial charge on any atom is 0.326 e. The number of carbonyl (C=O) groups excluding carboxylic acids is 1. The van der Waals surface area contributed by atoms with Crippen molar-refractivity contribution >= 4 is 34.4 Å². The molecule has 2 aromatic heterocycles. The molecule has 1 unspecified atom stereocenters. The minimum Gasteiger partial charge on any atom is -0.507 e. The first-order valence-electron chi connectivity index (χ1n) is 12.5. The van der Waals surface area contributed by atoms with E-state index in [0.29, 0.717) is 22.6 Å². The van der Waals surface area contributed by atoms with E-state index < -0.39 is 12.0 Å². The number of aromatic nitrogens is 2. The van der Waals surface area contributed by atoms with Crippen molar-refractivity contribution in [2.45, 2.75) is 25.3 Å². The second-order valence-corrected chi connectivity index (χ2v) is 9.78. The van der Waals surface area contributed by atoms with Gasteiger partial charge in [-0.05, 0) is 59.9 Å². The number of aromatic hydroxyl groups is 1. The summed E-state index contributed by atoms with van der Waals surface area (Å²) in [6.45, 7) is 0. The van der Waals surface area contributed by atoms with Gasteiger partial charge in [-0.3, -0.25) is 9.78 Å². The van der Waals surface area contributed by atoms with Crippen molar-refractivity contribution in [1.82, 2.24) is 15.3 Å². The zero-order valence-corrected chi connectivity index (χ0v) is 21.7. The van der Waals surface area contributed by atoms with E-state index in [1.807, 2.05) is 54.6 Å². The Hall–Kier alpha value is -4.62. The maximum atomic E-state index is 12.6. The number of phenolic OH excluding ortho intramolecular Hbond substituents is 1. The molecule has 0 saturated carbocycles. The molecular formula is C31H26ClN3O4. The Morgan fingerprint density at radius 3 is 2.38 bits per heavy atom. The van der Waals surface area contributed by atoms with Gasteiger partial charge in [-0.25, -0.2) is 4.79 Å². The predicted molar refractivity (Wildman–Crippen MR) is 152 cm³/mol. The van der Waals surface area contributed by atoms with Gasteiger partial charge in [0.25, 0.3) is 0 Å². The number of benzene rings is 3. The largest absolute Gasteiger partial charge is 0.507 e. The van der Waals surface area contributed by atoms with Gasteiger partial charge < -0.3 is 20.5 Å². The summed E-state index contributed by atoms with van der Waals surface area (Å²) in [5.41, 5.74) is 5.48. The van der Waals surface area contributed by atoms with Gasteiger partial charge in [0.05, 0.1) is 23.8 Å². The standard InChI is InChI=1S/C31H26ClN3O4/c32-23-11-6-19(7-12-23)8-13-26(31(38)39)35-29(36)16-20-4-9-21(10-5-20)24-2-1-3-25(30(24)37)27-17-22-14-15-33-18-28(22)34-27/h1-7,9-12,14-15,17-18,26,34,37H,8,13,16H2,(H,35,36)(H,38,39). The molecule has 3 aromatic carbocycles. The highest BCUT2D eigenvalue weighted by Gasteiger charge is 2.20. The number of fused-ring (bicyclic) bond motifs is 1. The van der Waals surface area contributed by atoms with E-state index in [0.717, 1.165) is 33.3 Å². The number of aromatic amines is 1. The molecule has 0 aliphatic heterocycles. The second-order valence-electron chi connectivity index (χ2n) is 9.34. The number of carboxylic acids is 1. The molecule has 5 aromatic rings. The normalized spacial score (nSPS) is 11.8. The topological polar surface area (TPSA) is 115 Å². The smallest absolute Gasteiger partial charge is 0.326 e. The molecule has 196 valence electrons. The van der Waals surface area contributed by atoms with Crippen molar-refractivity contribution < 1.29 is 19.8 Å². The third-order valence-electron chi connectivity index (χ3n) is 6.65. The van der Waals surface area contributed by atoms with E-state index in [9.17, 15) is 19.8 Å². The number of pyridine rings is 1. The van der Waals surface area contributed by atoms with Crippen LogP contribution in [0.15, 0.2) is 91.3 Å². The van der Waals surface area contributed by atoms with Crippen LogP contribution in [0.2, 0.25) is 5.02 Å². The van der Waals surface area contributed by atoms with Crippen LogP contribution in [0, 0.1) is 0 Å². The predicted octanol–water partition coefficient (Wildman–Crippen LogP) is 6.00. The van der Waals surface area contributed by atoms with Crippen LogP contribution in [-0.2, 0) is 22.4 Å². The number of para-hydroxylation sites is 1. The molecule has 1 amide bonds. The Balaban J connectivity index is 1.25. The number of halogens is 1. The van der Waals surface area contributed by atoms with Gasteiger partial charge in [-0.1, -0.05) is 60.1 Å². The molecule has 0 aliphatic rings. The van der Waals surface area contributed by atoms with E-state index in [-0.39, 0.29) is 24.5 Å². The lowest BCUT2D eigenvalue weighted by Gasteiger charge is -2.15. The van der Waals surface area contributed by atoms with E-state index in [1.165, 1.54) is 0 Å². The van der Waals surface area contributed by atoms with Crippen LogP contribution in [0.5, 0.6) is 5.75 Å². The first kappa shape index (κ1) is 26.0. The van der Waals surface area contributed by atoms with E-state index in [4.69, 9.17) is 11.6 Å². The van der Waals surface area contributed by atoms with E-state index >= 15 is 0 Å². The summed E-state index contributed by atoms with van der Waals surface area (Å²) >= 11 is 5.90. The molecule has 0 spiro atoms. The number of phenols is 1. The summed E-state index contributed by atoms with van der Waals surface area (Å²) in [6, 6.07) is 22.9. The summed E-state index contributed by atoms with van der Waals surface area (Å²) < 4.78 is 0. The van der Waals surface area contributed by atoms with Crippen LogP contribution in [0.1, 0.15) is 17.5 Å². The zero-order chi connectivity index (χ0) is 27.4. The summed E-state index contributed by atoms with van der Waals surface area (Å²) in [7, 11) is 0. The summed E-state index contributed by atoms with van der Waals surface area (Å²) in [5, 5.41) is 24.9. The Bertz CT molecular complexity index is 1600. The zero-order valence-electron chi connectivity index (χ0n) is 20.9. The van der Waals surface area contributed by atoms with Crippen LogP contribution in [-0.4, -0.2) is 38.1 Å². The average Bonchev–Trinajstić information content (AvgIpc) is 3.36. The van der Waals surface area contributed by atoms with Crippen molar-refractivity contribution in [1.29, 1.82) is 0 Å². The molecule has 5 rings (SSSR count). The fourth-order valence-electron chi connectivity index (χ4n) is 4.56. The number of amides is 1. The lowest BCUT2D eigenvalue weighted by molar-refractivity contribution is -0.141. The Morgan fingerprint density at radius 2 is 1.67 bits per heavy atom. The number of aryl methyl sites for hydroxylation is 1. The highest BCUT2D eigenvalue weighted by atomic mass is 35.5. The second kappa shape index (κ2) is 11.4. The number of nitrogens with zero attached hydrogens (tertiary/aromatic N) is 1. The van der Waals surface area contributed by atoms with Gasteiger partial charge in [-0.2, -0.15) is 0 Å². The van der Waals surface area contributed by atoms with Crippen molar-refractivity contribution in [3.05, 3.63) is 107 Å². The minimum absolute atomic E-state index is 0.0418. The van der Waals surface area contributed by atoms with Gasteiger partial charge in [-0.15, -0.1) is 0 Å². The molecule has 0 fully saturated rings. The maximum absolute atomic E-state index is 12.6. The summed E-state index contributed by atoms with van der Waals surface area (Å²) in [4.78, 5) is 31.8. The minimum atomic E-state index is -1.07. The first-order valence-corrected chi connectivity index (χ1v) is 12.9. The highest BCUT2D eigenvalue weighted by molar-refractivity contribution is 6.30. The number of hydrogen-bond donors (Lipinski definition) is 4. The molecule has 7 nitrogen and oxygen atoms in total. The van der Waals surface area contributed by atoms with Gasteiger partial charge >= 0.3 is 5.97 Å². The van der Waals surface area contributed by atoms with Crippen molar-refractivity contribution in [3.63, 3.8) is 0 Å². The molecule has 2 heterocycles. The molecule has 0 radical (unpaired) electrons. The molecule has 0 aliphatic carbocycles. The van der Waals surface area contributed by atoms with Gasteiger partial charge in [0.1, 0.15) is 11.8 Å². The SMILES string of the molecule is O=C(Cc1ccc(-c2cccc(-c3cc4ccncc4[nH]3)c2O)cc1)NC(CCc1ccc(Cl)cc1)C(=O)O. The number of rotatable bonds is 9. The van der Waals surface area contributed by atoms with E-state index in [1.54, 1.807) is 36.7 Å². The molecule has 1 atom stereocenters. The van der Waals surface area contributed by atoms with Crippen molar-refractivity contribution in [2.24, 2.45) is 0 Å². The van der Waals surface area contributed by atoms with Crippen molar-refractivity contribution in [3.8, 4) is 28.1 Å². The number of carboxylic acid groups (broad SMARTS) is 1. The van der Waals surface area contributed by atoms with Crippen LogP contribution in [0.4, 0.5) is 0 Å². The number of aliphatic carboxylic acids is 1. The quantitative estimate of drug-likeness (QED) is 0.183. The van der Waals surface area contributed by atoms with Gasteiger partial charge in [0, 0.05) is 27.7 Å². The Labute approximate surface area is 230 Å². The number of hydrogen-bond acceptors (Lipinski definition) is 4. The monoisotopic (exact) mass is 539 g/mol. The average molecular weight is 540 g/mol. The Kier molecular flexibility index (Phi) is 7.61. The van der Waals surface area contributed by atoms with Gasteiger partial charge in [0.15, 0.2) is 0 Å². The first-order chi connectivity index (χ1) is 18.9. The third-order valence-corrected chi connectivity index (χ3v) is 6.90. The molecular weight excluding hydrogens is 514 g/mol. The summed E-state index contributed by atoms with van der Waals surface area (Å²) in [6.07, 6.45) is 4.28. The lowest BCUT2D eigenvalue weighted by Crippen LogP contribution is -2.41. The number of carbonyl (C=O) groups is 2. The fraction of sp³-hybridized carbons (Fsp3) is 0.129. The van der Waals surface area contributed by atoms with E-state index in [2.05, 4.69) is 15.3 Å². The van der Waals surface area contributed by atoms with Crippen LogP contribution >= 0.6 is 11.6 Å². The molecule has 4 N–H and O–H groups in total. The van der Waals surface area contributed by atoms with Crippen molar-refractivity contribution in [2.75, 3.05) is 0 Å². The van der Waals surface area contributed by atoms with Crippen LogP contribution in [0.3, 0.4) is 0 Å². The lowest BCUT2D eigenvalue weighted by atomic mass is 9.98. The third kappa shape index (κ3) is 6.10. The molecule has 0 saturated heterocycles. The number of H-pyrrole nitrogens is 1. The Morgan fingerprint density at radius 1 is 0.949 bits per heavy atom. The molecule has 39 heavy (non-hydrogen) atoms. The summed E-state index contributed by atoms with van der Waals surface area (Å²) in [5.74, 6) is -1.30. The molecule has 0 bridgehead atoms.